The number of carboxylic acids is 1. The fraction of sp³-hybridized carbons (Fsp3) is 0.292. The number of aliphatic carboxylic acids is 1. The van der Waals surface area contributed by atoms with Crippen molar-refractivity contribution in [1.82, 2.24) is 20.1 Å². The quantitative estimate of drug-likeness (QED) is 0.491. The summed E-state index contributed by atoms with van der Waals surface area (Å²) in [4.78, 5) is 41.1. The number of hydrogen-bond donors (Lipinski definition) is 3. The standard InChI is InChI=1S/C24H23N5O5/c30-20(31)10-9-14-11-29(12-14)22(32)21-25-23(28-27-21)26-24(33)34-13-19-17-7-3-1-5-15(17)16-6-2-4-8-18(16)19/h1-8,14,19H,9-13H2,(H,30,31)(H2,25,26,27,28,33). The molecule has 0 bridgehead atoms. The Balaban J connectivity index is 1.15. The molecule has 2 aromatic carbocycles. The number of amides is 2. The largest absolute Gasteiger partial charge is 0.481 e. The van der Waals surface area contributed by atoms with Gasteiger partial charge in [0, 0.05) is 25.4 Å². The minimum Gasteiger partial charge on any atom is -0.481 e. The summed E-state index contributed by atoms with van der Waals surface area (Å²) in [6.45, 7) is 1.10. The average molecular weight is 461 g/mol. The van der Waals surface area contributed by atoms with Crippen LogP contribution in [0.1, 0.15) is 40.5 Å². The highest BCUT2D eigenvalue weighted by Gasteiger charge is 2.33. The van der Waals surface area contributed by atoms with Crippen LogP contribution < -0.4 is 5.32 Å². The molecule has 0 atom stereocenters. The lowest BCUT2D eigenvalue weighted by Gasteiger charge is -2.38. The Morgan fingerprint density at radius 3 is 2.35 bits per heavy atom. The molecule has 0 radical (unpaired) electrons. The van der Waals surface area contributed by atoms with E-state index in [1.165, 1.54) is 0 Å². The van der Waals surface area contributed by atoms with E-state index >= 15 is 0 Å². The minimum atomic E-state index is -0.844. The molecule has 1 saturated heterocycles. The number of carboxylic acid groups (broad SMARTS) is 1. The molecule has 1 aliphatic heterocycles. The first-order chi connectivity index (χ1) is 16.5. The number of rotatable bonds is 7. The van der Waals surface area contributed by atoms with Crippen molar-refractivity contribution in [3.8, 4) is 11.1 Å². The van der Waals surface area contributed by atoms with Crippen LogP contribution in [0, 0.1) is 5.92 Å². The first-order valence-corrected chi connectivity index (χ1v) is 11.0. The maximum absolute atomic E-state index is 12.5. The number of nitrogens with one attached hydrogen (secondary N) is 2. The molecule has 2 amide bonds. The van der Waals surface area contributed by atoms with Crippen LogP contribution in [0.15, 0.2) is 48.5 Å². The number of ether oxygens (including phenoxy) is 1. The molecule has 1 fully saturated rings. The first kappa shape index (κ1) is 21.6. The number of nitrogens with zero attached hydrogens (tertiary/aromatic N) is 3. The van der Waals surface area contributed by atoms with Gasteiger partial charge in [-0.2, -0.15) is 4.98 Å². The Hall–Kier alpha value is -4.21. The topological polar surface area (TPSA) is 138 Å². The number of anilines is 1. The molecule has 10 heteroatoms. The summed E-state index contributed by atoms with van der Waals surface area (Å²) < 4.78 is 5.47. The molecule has 10 nitrogen and oxygen atoms in total. The van der Waals surface area contributed by atoms with E-state index in [0.717, 1.165) is 22.3 Å². The maximum Gasteiger partial charge on any atom is 0.414 e. The molecule has 2 heterocycles. The Morgan fingerprint density at radius 1 is 1.06 bits per heavy atom. The predicted molar refractivity (Wildman–Crippen MR) is 121 cm³/mol. The van der Waals surface area contributed by atoms with Gasteiger partial charge in [0.25, 0.3) is 11.9 Å². The number of likely N-dealkylation sites (tertiary alicyclic amines) is 1. The van der Waals surface area contributed by atoms with Gasteiger partial charge in [0.15, 0.2) is 0 Å². The van der Waals surface area contributed by atoms with E-state index in [-0.39, 0.29) is 42.5 Å². The Labute approximate surface area is 195 Å². The third kappa shape index (κ3) is 4.21. The first-order valence-electron chi connectivity index (χ1n) is 11.0. The number of hydrogen-bond acceptors (Lipinski definition) is 6. The van der Waals surface area contributed by atoms with E-state index in [9.17, 15) is 14.4 Å². The molecule has 1 aliphatic carbocycles. The van der Waals surface area contributed by atoms with Crippen LogP contribution in [0.4, 0.5) is 10.7 Å². The van der Waals surface area contributed by atoms with Crippen molar-refractivity contribution in [3.05, 3.63) is 65.5 Å². The molecular weight excluding hydrogens is 438 g/mol. The highest BCUT2D eigenvalue weighted by atomic mass is 16.5. The Kier molecular flexibility index (Phi) is 5.70. The number of benzene rings is 2. The molecular formula is C24H23N5O5. The van der Waals surface area contributed by atoms with Gasteiger partial charge in [0.05, 0.1) is 0 Å². The molecule has 5 rings (SSSR count). The highest BCUT2D eigenvalue weighted by molar-refractivity contribution is 5.92. The fourth-order valence-corrected chi connectivity index (χ4v) is 4.53. The number of aromatic amines is 1. The van der Waals surface area contributed by atoms with Gasteiger partial charge in [-0.3, -0.25) is 20.0 Å². The van der Waals surface area contributed by atoms with E-state index in [1.54, 1.807) is 4.90 Å². The summed E-state index contributed by atoms with van der Waals surface area (Å²) >= 11 is 0. The van der Waals surface area contributed by atoms with Gasteiger partial charge in [0.1, 0.15) is 6.61 Å². The average Bonchev–Trinajstić information content (AvgIpc) is 3.39. The van der Waals surface area contributed by atoms with E-state index in [4.69, 9.17) is 9.84 Å². The van der Waals surface area contributed by atoms with Crippen LogP contribution in [0.3, 0.4) is 0 Å². The van der Waals surface area contributed by atoms with Crippen molar-refractivity contribution >= 4 is 23.9 Å². The molecule has 3 aromatic rings. The van der Waals surface area contributed by atoms with E-state index in [1.807, 2.05) is 36.4 Å². The summed E-state index contributed by atoms with van der Waals surface area (Å²) in [6.07, 6.45) is -0.0922. The lowest BCUT2D eigenvalue weighted by Crippen LogP contribution is -2.50. The maximum atomic E-state index is 12.5. The van der Waals surface area contributed by atoms with Crippen molar-refractivity contribution < 1.29 is 24.2 Å². The molecule has 3 N–H and O–H groups in total. The van der Waals surface area contributed by atoms with Crippen LogP contribution in [0.5, 0.6) is 0 Å². The highest BCUT2D eigenvalue weighted by Crippen LogP contribution is 2.44. The zero-order valence-corrected chi connectivity index (χ0v) is 18.2. The van der Waals surface area contributed by atoms with Crippen molar-refractivity contribution in [1.29, 1.82) is 0 Å². The molecule has 0 saturated carbocycles. The van der Waals surface area contributed by atoms with Gasteiger partial charge in [0.2, 0.25) is 5.82 Å². The molecule has 0 unspecified atom stereocenters. The second kappa shape index (κ2) is 8.97. The van der Waals surface area contributed by atoms with Crippen LogP contribution in [0.25, 0.3) is 11.1 Å². The normalized spacial score (nSPS) is 14.8. The summed E-state index contributed by atoms with van der Waals surface area (Å²) in [5.74, 6) is -1.14. The lowest BCUT2D eigenvalue weighted by atomic mass is 9.94. The number of carbonyl (C=O) groups excluding carboxylic acids is 2. The van der Waals surface area contributed by atoms with Crippen LogP contribution in [-0.4, -0.2) is 62.9 Å². The zero-order valence-electron chi connectivity index (χ0n) is 18.2. The summed E-state index contributed by atoms with van der Waals surface area (Å²) in [5.41, 5.74) is 4.50. The lowest BCUT2D eigenvalue weighted by molar-refractivity contribution is -0.137. The van der Waals surface area contributed by atoms with Gasteiger partial charge in [-0.25, -0.2) is 4.79 Å². The Bertz CT molecular complexity index is 1200. The number of aromatic nitrogens is 3. The van der Waals surface area contributed by atoms with Gasteiger partial charge >= 0.3 is 12.1 Å². The molecule has 34 heavy (non-hydrogen) atoms. The third-order valence-electron chi connectivity index (χ3n) is 6.26. The number of H-pyrrole nitrogens is 1. The molecule has 174 valence electrons. The smallest absolute Gasteiger partial charge is 0.414 e. The van der Waals surface area contributed by atoms with Gasteiger partial charge in [-0.05, 0) is 34.6 Å². The van der Waals surface area contributed by atoms with Crippen molar-refractivity contribution in [2.75, 3.05) is 25.0 Å². The van der Waals surface area contributed by atoms with Gasteiger partial charge < -0.3 is 14.7 Å². The fourth-order valence-electron chi connectivity index (χ4n) is 4.53. The van der Waals surface area contributed by atoms with Crippen LogP contribution in [0.2, 0.25) is 0 Å². The number of fused-ring (bicyclic) bond motifs is 3. The molecule has 0 spiro atoms. The van der Waals surface area contributed by atoms with Crippen molar-refractivity contribution in [2.45, 2.75) is 18.8 Å². The predicted octanol–water partition coefficient (Wildman–Crippen LogP) is 3.10. The third-order valence-corrected chi connectivity index (χ3v) is 6.26. The van der Waals surface area contributed by atoms with Gasteiger partial charge in [-0.15, -0.1) is 5.10 Å². The Morgan fingerprint density at radius 2 is 1.71 bits per heavy atom. The zero-order chi connectivity index (χ0) is 23.7. The van der Waals surface area contributed by atoms with Crippen molar-refractivity contribution in [3.63, 3.8) is 0 Å². The van der Waals surface area contributed by atoms with Crippen LogP contribution >= 0.6 is 0 Å². The van der Waals surface area contributed by atoms with E-state index < -0.39 is 12.1 Å². The van der Waals surface area contributed by atoms with E-state index in [2.05, 4.69) is 32.6 Å². The van der Waals surface area contributed by atoms with Gasteiger partial charge in [-0.1, -0.05) is 48.5 Å². The monoisotopic (exact) mass is 461 g/mol. The van der Waals surface area contributed by atoms with Crippen molar-refractivity contribution in [2.24, 2.45) is 5.92 Å². The van der Waals surface area contributed by atoms with E-state index in [0.29, 0.717) is 19.5 Å². The second-order valence-electron chi connectivity index (χ2n) is 8.47. The number of carbonyl (C=O) groups is 3. The minimum absolute atomic E-state index is 0.00522. The summed E-state index contributed by atoms with van der Waals surface area (Å²) in [6, 6.07) is 16.1. The summed E-state index contributed by atoms with van der Waals surface area (Å²) in [7, 11) is 0. The summed E-state index contributed by atoms with van der Waals surface area (Å²) in [5, 5.41) is 17.6. The van der Waals surface area contributed by atoms with Crippen LogP contribution in [-0.2, 0) is 9.53 Å². The molecule has 1 aromatic heterocycles. The molecule has 2 aliphatic rings. The SMILES string of the molecule is O=C(O)CCC1CN(C(=O)c2nc(NC(=O)OCC3c4ccccc4-c4ccccc43)n[nH]2)C1. The second-order valence-corrected chi connectivity index (χ2v) is 8.47.